The number of thiophene rings is 1. The maximum absolute atomic E-state index is 12.2. The Labute approximate surface area is 96.8 Å². The van der Waals surface area contributed by atoms with E-state index in [2.05, 4.69) is 6.07 Å². The largest absolute Gasteiger partial charge is 0.307 e. The summed E-state index contributed by atoms with van der Waals surface area (Å²) in [6, 6.07) is 10.1. The molecule has 0 amide bonds. The predicted octanol–water partition coefficient (Wildman–Crippen LogP) is 3.24. The molecule has 0 aliphatic heterocycles. The lowest BCUT2D eigenvalue weighted by Gasteiger charge is -2.08. The van der Waals surface area contributed by atoms with Gasteiger partial charge in [0.1, 0.15) is 4.70 Å². The summed E-state index contributed by atoms with van der Waals surface area (Å²) in [6.07, 6.45) is 0. The maximum atomic E-state index is 12.2. The molecule has 1 aromatic carbocycles. The molecule has 0 N–H and O–H groups in total. The van der Waals surface area contributed by atoms with Crippen molar-refractivity contribution in [3.63, 3.8) is 0 Å². The Balaban J connectivity index is 2.70. The van der Waals surface area contributed by atoms with Crippen molar-refractivity contribution >= 4 is 32.3 Å². The highest BCUT2D eigenvalue weighted by Crippen LogP contribution is 2.25. The zero-order valence-electron chi connectivity index (χ0n) is 8.93. The summed E-state index contributed by atoms with van der Waals surface area (Å²) in [5.41, 5.74) is 1.16. The van der Waals surface area contributed by atoms with E-state index in [1.807, 2.05) is 41.1 Å². The van der Waals surface area contributed by atoms with Gasteiger partial charge in [-0.2, -0.15) is 0 Å². The van der Waals surface area contributed by atoms with Crippen LogP contribution >= 0.6 is 11.3 Å². The fourth-order valence-electron chi connectivity index (χ4n) is 2.17. The normalized spacial score (nSPS) is 11.3. The summed E-state index contributed by atoms with van der Waals surface area (Å²) >= 11 is 1.52. The lowest BCUT2D eigenvalue weighted by molar-refractivity contribution is 0.768. The number of fused-ring (bicyclic) bond motifs is 3. The van der Waals surface area contributed by atoms with Gasteiger partial charge in [0.2, 0.25) is 0 Å². The van der Waals surface area contributed by atoms with Gasteiger partial charge >= 0.3 is 0 Å². The molecule has 2 aromatic heterocycles. The maximum Gasteiger partial charge on any atom is 0.268 e. The Morgan fingerprint density at radius 1 is 1.19 bits per heavy atom. The number of aromatic nitrogens is 1. The average molecular weight is 229 g/mol. The molecule has 0 saturated carbocycles. The van der Waals surface area contributed by atoms with E-state index >= 15 is 0 Å². The minimum Gasteiger partial charge on any atom is -0.307 e. The monoisotopic (exact) mass is 229 g/mol. The van der Waals surface area contributed by atoms with Gasteiger partial charge in [0.25, 0.3) is 5.56 Å². The van der Waals surface area contributed by atoms with Crippen LogP contribution in [0.1, 0.15) is 6.92 Å². The Bertz CT molecular complexity index is 723. The molecule has 0 fully saturated rings. The molecular formula is C13H11NOS. The van der Waals surface area contributed by atoms with Crippen molar-refractivity contribution in [1.29, 1.82) is 0 Å². The number of rotatable bonds is 1. The van der Waals surface area contributed by atoms with Gasteiger partial charge < -0.3 is 4.57 Å². The number of hydrogen-bond donors (Lipinski definition) is 0. The molecule has 0 bridgehead atoms. The summed E-state index contributed by atoms with van der Waals surface area (Å²) in [6.45, 7) is 2.72. The van der Waals surface area contributed by atoms with Crippen LogP contribution in [0.5, 0.6) is 0 Å². The van der Waals surface area contributed by atoms with Crippen LogP contribution in [0.2, 0.25) is 0 Å². The predicted molar refractivity (Wildman–Crippen MR) is 69.3 cm³/mol. The third-order valence-corrected chi connectivity index (χ3v) is 3.81. The Hall–Kier alpha value is -1.61. The molecule has 0 spiro atoms. The Morgan fingerprint density at radius 2 is 2.00 bits per heavy atom. The van der Waals surface area contributed by atoms with Crippen molar-refractivity contribution in [2.24, 2.45) is 0 Å². The van der Waals surface area contributed by atoms with Crippen molar-refractivity contribution in [2.45, 2.75) is 13.5 Å². The van der Waals surface area contributed by atoms with Crippen molar-refractivity contribution < 1.29 is 0 Å². The fraction of sp³-hybridized carbons (Fsp3) is 0.154. The van der Waals surface area contributed by atoms with Gasteiger partial charge in [0.05, 0.1) is 5.52 Å². The van der Waals surface area contributed by atoms with Gasteiger partial charge in [-0.1, -0.05) is 18.2 Å². The lowest BCUT2D eigenvalue weighted by Crippen LogP contribution is -2.18. The van der Waals surface area contributed by atoms with E-state index in [4.69, 9.17) is 0 Å². The average Bonchev–Trinajstić information content (AvgIpc) is 2.79. The van der Waals surface area contributed by atoms with E-state index in [9.17, 15) is 4.79 Å². The number of hydrogen-bond acceptors (Lipinski definition) is 2. The van der Waals surface area contributed by atoms with Crippen LogP contribution in [0.15, 0.2) is 40.5 Å². The zero-order chi connectivity index (χ0) is 11.1. The first kappa shape index (κ1) is 9.60. The third-order valence-electron chi connectivity index (χ3n) is 2.91. The molecular weight excluding hydrogens is 218 g/mol. The summed E-state index contributed by atoms with van der Waals surface area (Å²) in [5, 5.41) is 4.23. The van der Waals surface area contributed by atoms with Gasteiger partial charge in [-0.05, 0) is 24.4 Å². The van der Waals surface area contributed by atoms with Crippen LogP contribution in [0, 0.1) is 0 Å². The molecule has 0 aliphatic carbocycles. The minimum atomic E-state index is 0.131. The Kier molecular flexibility index (Phi) is 2.07. The molecule has 80 valence electrons. The van der Waals surface area contributed by atoms with Crippen molar-refractivity contribution in [1.82, 2.24) is 4.57 Å². The van der Waals surface area contributed by atoms with Gasteiger partial charge in [-0.15, -0.1) is 11.3 Å². The Morgan fingerprint density at radius 3 is 2.81 bits per heavy atom. The molecule has 16 heavy (non-hydrogen) atoms. The van der Waals surface area contributed by atoms with Crippen LogP contribution in [0.25, 0.3) is 21.0 Å². The number of nitrogens with zero attached hydrogens (tertiary/aromatic N) is 1. The van der Waals surface area contributed by atoms with E-state index in [1.54, 1.807) is 0 Å². The van der Waals surface area contributed by atoms with Gasteiger partial charge in [0.15, 0.2) is 0 Å². The van der Waals surface area contributed by atoms with Crippen LogP contribution < -0.4 is 5.56 Å². The number of aryl methyl sites for hydroxylation is 1. The quantitative estimate of drug-likeness (QED) is 0.628. The summed E-state index contributed by atoms with van der Waals surface area (Å²) < 4.78 is 2.70. The standard InChI is InChI=1S/C13H11NOS/c1-2-14-11-6-4-3-5-9(11)10-7-8-16-12(10)13(14)15/h3-8H,2H2,1H3. The van der Waals surface area contributed by atoms with E-state index in [0.29, 0.717) is 6.54 Å². The highest BCUT2D eigenvalue weighted by Gasteiger charge is 2.09. The molecule has 2 heterocycles. The molecule has 3 rings (SSSR count). The van der Waals surface area contributed by atoms with Crippen molar-refractivity contribution in [3.8, 4) is 0 Å². The van der Waals surface area contributed by atoms with E-state index < -0.39 is 0 Å². The fourth-order valence-corrected chi connectivity index (χ4v) is 3.03. The molecule has 0 unspecified atom stereocenters. The van der Waals surface area contributed by atoms with Crippen molar-refractivity contribution in [3.05, 3.63) is 46.1 Å². The third kappa shape index (κ3) is 1.15. The molecule has 0 saturated heterocycles. The second kappa shape index (κ2) is 3.46. The van der Waals surface area contributed by atoms with Gasteiger partial charge in [0, 0.05) is 17.3 Å². The van der Waals surface area contributed by atoms with Crippen LogP contribution in [0.4, 0.5) is 0 Å². The van der Waals surface area contributed by atoms with Gasteiger partial charge in [-0.3, -0.25) is 4.79 Å². The van der Waals surface area contributed by atoms with Crippen LogP contribution in [0.3, 0.4) is 0 Å². The summed E-state index contributed by atoms with van der Waals surface area (Å²) in [5.74, 6) is 0. The lowest BCUT2D eigenvalue weighted by atomic mass is 10.1. The molecule has 0 radical (unpaired) electrons. The van der Waals surface area contributed by atoms with Crippen molar-refractivity contribution in [2.75, 3.05) is 0 Å². The first-order valence-corrected chi connectivity index (χ1v) is 6.19. The van der Waals surface area contributed by atoms with E-state index in [-0.39, 0.29) is 5.56 Å². The van der Waals surface area contributed by atoms with Crippen LogP contribution in [-0.4, -0.2) is 4.57 Å². The highest BCUT2D eigenvalue weighted by atomic mass is 32.1. The van der Waals surface area contributed by atoms with Crippen LogP contribution in [-0.2, 0) is 6.54 Å². The molecule has 3 heteroatoms. The number of para-hydroxylation sites is 1. The summed E-state index contributed by atoms with van der Waals surface area (Å²) in [7, 11) is 0. The van der Waals surface area contributed by atoms with E-state index in [0.717, 1.165) is 15.6 Å². The second-order valence-corrected chi connectivity index (χ2v) is 4.65. The molecule has 2 nitrogen and oxygen atoms in total. The topological polar surface area (TPSA) is 22.0 Å². The molecule has 0 atom stereocenters. The first-order valence-electron chi connectivity index (χ1n) is 5.31. The molecule has 0 aliphatic rings. The first-order chi connectivity index (χ1) is 7.83. The number of benzene rings is 1. The van der Waals surface area contributed by atoms with Gasteiger partial charge in [-0.25, -0.2) is 0 Å². The number of pyridine rings is 1. The zero-order valence-corrected chi connectivity index (χ0v) is 9.75. The minimum absolute atomic E-state index is 0.131. The summed E-state index contributed by atoms with van der Waals surface area (Å²) in [4.78, 5) is 12.2. The molecule has 3 aromatic rings. The second-order valence-electron chi connectivity index (χ2n) is 3.73. The highest BCUT2D eigenvalue weighted by molar-refractivity contribution is 7.17. The SMILES string of the molecule is CCn1c(=O)c2sccc2c2ccccc21. The van der Waals surface area contributed by atoms with E-state index in [1.165, 1.54) is 16.7 Å². The smallest absolute Gasteiger partial charge is 0.268 e.